The van der Waals surface area contributed by atoms with Gasteiger partial charge in [-0.15, -0.1) is 0 Å². The van der Waals surface area contributed by atoms with Gasteiger partial charge in [-0.1, -0.05) is 140 Å². The second-order valence-electron chi connectivity index (χ2n) is 18.9. The van der Waals surface area contributed by atoms with Crippen LogP contribution in [0.3, 0.4) is 0 Å². The molecule has 0 atom stereocenters. The summed E-state index contributed by atoms with van der Waals surface area (Å²) in [6.07, 6.45) is 6.65. The van der Waals surface area contributed by atoms with Crippen LogP contribution in [-0.2, 0) is 5.41 Å². The highest BCUT2D eigenvalue weighted by Crippen LogP contribution is 2.70. The topological polar surface area (TPSA) is 44.2 Å². The minimum atomic E-state index is -0.0458. The minimum absolute atomic E-state index is 0.0458. The van der Waals surface area contributed by atoms with Crippen molar-refractivity contribution in [3.63, 3.8) is 0 Å². The van der Waals surface area contributed by atoms with Gasteiger partial charge in [0.25, 0.3) is 0 Å². The van der Waals surface area contributed by atoms with Crippen LogP contribution in [0.1, 0.15) is 43.2 Å². The van der Waals surface area contributed by atoms with E-state index < -0.39 is 0 Å². The standard InChI is InChI=1S/C60H44N2O2/c1-3-11-38(12-4-1)39-19-21-41(22-20-39)59-61-53-33-43(24-26-49(53)58(62-59)48-16-8-7-15-46(48)40-13-5-2-6-14-40)42-23-25-47-50-34-56-57(64-55-18-10-9-17-54(55)63-56)35-52(50)60(51(47)32-42)44-28-36-27-37(30-44)31-45(60)29-36/h1-26,32-37,44-45H,27-31H2. The Kier molecular flexibility index (Phi) is 7.84. The summed E-state index contributed by atoms with van der Waals surface area (Å²) >= 11 is 0. The lowest BCUT2D eigenvalue weighted by Gasteiger charge is -2.61. The number of nitrogens with zero attached hydrogens (tertiary/aromatic N) is 2. The zero-order valence-corrected chi connectivity index (χ0v) is 35.4. The molecular formula is C60H44N2O2. The molecule has 0 saturated heterocycles. The third kappa shape index (κ3) is 5.41. The van der Waals surface area contributed by atoms with Crippen molar-refractivity contribution in [2.24, 2.45) is 23.7 Å². The molecule has 4 heteroatoms. The Balaban J connectivity index is 0.933. The Bertz CT molecular complexity index is 3310. The van der Waals surface area contributed by atoms with Crippen molar-refractivity contribution < 1.29 is 9.47 Å². The van der Waals surface area contributed by atoms with Gasteiger partial charge >= 0.3 is 0 Å². The van der Waals surface area contributed by atoms with Crippen LogP contribution in [0.4, 0.5) is 0 Å². The number of fused-ring (bicyclic) bond motifs is 6. The third-order valence-corrected chi connectivity index (χ3v) is 15.5. The molecule has 1 aromatic heterocycles. The van der Waals surface area contributed by atoms with E-state index in [4.69, 9.17) is 19.4 Å². The molecule has 2 heterocycles. The summed E-state index contributed by atoms with van der Waals surface area (Å²) < 4.78 is 13.2. The molecule has 0 amide bonds. The van der Waals surface area contributed by atoms with E-state index in [0.29, 0.717) is 11.8 Å². The van der Waals surface area contributed by atoms with Crippen LogP contribution >= 0.6 is 0 Å². The van der Waals surface area contributed by atoms with Crippen LogP contribution in [0.15, 0.2) is 182 Å². The Hall–Kier alpha value is -7.30. The molecule has 5 aliphatic carbocycles. The third-order valence-electron chi connectivity index (χ3n) is 15.5. The van der Waals surface area contributed by atoms with Crippen molar-refractivity contribution in [2.45, 2.75) is 37.5 Å². The van der Waals surface area contributed by atoms with Crippen LogP contribution in [-0.4, -0.2) is 9.97 Å². The zero-order chi connectivity index (χ0) is 41.9. The fourth-order valence-electron chi connectivity index (χ4n) is 13.0. The molecule has 0 radical (unpaired) electrons. The summed E-state index contributed by atoms with van der Waals surface area (Å²) in [5, 5.41) is 1.04. The van der Waals surface area contributed by atoms with Crippen LogP contribution in [0, 0.1) is 23.7 Å². The lowest BCUT2D eigenvalue weighted by atomic mass is 9.43. The van der Waals surface area contributed by atoms with E-state index in [1.807, 2.05) is 24.3 Å². The van der Waals surface area contributed by atoms with Gasteiger partial charge in [0.05, 0.1) is 11.2 Å². The van der Waals surface area contributed by atoms with Gasteiger partial charge in [-0.3, -0.25) is 0 Å². The van der Waals surface area contributed by atoms with E-state index in [-0.39, 0.29) is 5.41 Å². The molecule has 4 fully saturated rings. The predicted octanol–water partition coefficient (Wildman–Crippen LogP) is 15.6. The highest BCUT2D eigenvalue weighted by molar-refractivity contribution is 6.00. The summed E-state index contributed by atoms with van der Waals surface area (Å²) in [6, 6.07) is 65.4. The molecule has 6 aliphatic rings. The van der Waals surface area contributed by atoms with E-state index in [1.54, 1.807) is 0 Å². The number of hydrogen-bond donors (Lipinski definition) is 0. The first-order valence-electron chi connectivity index (χ1n) is 23.0. The lowest BCUT2D eigenvalue weighted by Crippen LogP contribution is -2.55. The average Bonchev–Trinajstić information content (AvgIpc) is 3.62. The van der Waals surface area contributed by atoms with Crippen LogP contribution < -0.4 is 9.47 Å². The predicted molar refractivity (Wildman–Crippen MR) is 257 cm³/mol. The fourth-order valence-corrected chi connectivity index (χ4v) is 13.0. The first-order valence-corrected chi connectivity index (χ1v) is 23.0. The molecule has 15 rings (SSSR count). The summed E-state index contributed by atoms with van der Waals surface area (Å²) in [7, 11) is 0. The monoisotopic (exact) mass is 824 g/mol. The molecule has 1 spiro atoms. The number of benzene rings is 8. The molecule has 0 N–H and O–H groups in total. The zero-order valence-electron chi connectivity index (χ0n) is 35.4. The second kappa shape index (κ2) is 13.8. The second-order valence-corrected chi connectivity index (χ2v) is 18.9. The van der Waals surface area contributed by atoms with Gasteiger partial charge in [0, 0.05) is 21.9 Å². The maximum absolute atomic E-state index is 6.63. The van der Waals surface area contributed by atoms with Crippen LogP contribution in [0.2, 0.25) is 0 Å². The summed E-state index contributed by atoms with van der Waals surface area (Å²) in [5.41, 5.74) is 16.6. The Labute approximate surface area is 373 Å². The quantitative estimate of drug-likeness (QED) is 0.173. The van der Waals surface area contributed by atoms with Gasteiger partial charge in [-0.2, -0.15) is 0 Å². The summed E-state index contributed by atoms with van der Waals surface area (Å²) in [4.78, 5) is 10.8. The number of ether oxygens (including phenoxy) is 2. The van der Waals surface area contributed by atoms with Gasteiger partial charge in [-0.25, -0.2) is 9.97 Å². The van der Waals surface area contributed by atoms with Gasteiger partial charge in [-0.05, 0) is 154 Å². The van der Waals surface area contributed by atoms with Crippen molar-refractivity contribution in [3.05, 3.63) is 193 Å². The molecule has 9 aromatic rings. The van der Waals surface area contributed by atoms with Crippen molar-refractivity contribution in [2.75, 3.05) is 0 Å². The smallest absolute Gasteiger partial charge is 0.170 e. The highest BCUT2D eigenvalue weighted by Gasteiger charge is 2.62. The number of aromatic nitrogens is 2. The molecular weight excluding hydrogens is 781 g/mol. The first kappa shape index (κ1) is 36.2. The molecule has 306 valence electrons. The Morgan fingerprint density at radius 3 is 1.64 bits per heavy atom. The molecule has 8 aromatic carbocycles. The number of para-hydroxylation sites is 2. The SMILES string of the molecule is c1ccc(-c2ccc(-c3nc(-c4ccccc4-c4ccccc4)c4ccc(-c5ccc6c(c5)C5(c7cc8c(cc7-6)Oc6ccccc6O8)C6CC7CC(C6)CC5C7)cc4n3)cc2)cc1. The number of rotatable bonds is 5. The highest BCUT2D eigenvalue weighted by atomic mass is 16.6. The number of hydrogen-bond acceptors (Lipinski definition) is 4. The van der Waals surface area contributed by atoms with E-state index in [0.717, 1.165) is 85.1 Å². The first-order chi connectivity index (χ1) is 31.6. The molecule has 4 bridgehead atoms. The van der Waals surface area contributed by atoms with Crippen molar-refractivity contribution in [3.8, 4) is 90.2 Å². The summed E-state index contributed by atoms with van der Waals surface area (Å²) in [5.74, 6) is 6.83. The van der Waals surface area contributed by atoms with Crippen molar-refractivity contribution in [1.82, 2.24) is 9.97 Å². The van der Waals surface area contributed by atoms with Gasteiger partial charge in [0.1, 0.15) is 0 Å². The van der Waals surface area contributed by atoms with E-state index >= 15 is 0 Å². The summed E-state index contributed by atoms with van der Waals surface area (Å²) in [6.45, 7) is 0. The Morgan fingerprint density at radius 1 is 0.375 bits per heavy atom. The van der Waals surface area contributed by atoms with Crippen molar-refractivity contribution in [1.29, 1.82) is 0 Å². The van der Waals surface area contributed by atoms with Gasteiger partial charge < -0.3 is 9.47 Å². The molecule has 4 nitrogen and oxygen atoms in total. The molecule has 0 unspecified atom stereocenters. The van der Waals surface area contributed by atoms with Gasteiger partial charge in [0.15, 0.2) is 28.8 Å². The maximum Gasteiger partial charge on any atom is 0.170 e. The van der Waals surface area contributed by atoms with Crippen LogP contribution in [0.25, 0.3) is 78.1 Å². The lowest BCUT2D eigenvalue weighted by molar-refractivity contribution is -0.0399. The fraction of sp³-hybridized carbons (Fsp3) is 0.167. The van der Waals surface area contributed by atoms with E-state index in [1.165, 1.54) is 71.0 Å². The minimum Gasteiger partial charge on any atom is -0.450 e. The normalized spacial score (nSPS) is 21.8. The maximum atomic E-state index is 6.63. The largest absolute Gasteiger partial charge is 0.450 e. The Morgan fingerprint density at radius 2 is 0.922 bits per heavy atom. The van der Waals surface area contributed by atoms with Gasteiger partial charge in [0.2, 0.25) is 0 Å². The van der Waals surface area contributed by atoms with Crippen LogP contribution in [0.5, 0.6) is 23.0 Å². The van der Waals surface area contributed by atoms with E-state index in [2.05, 4.69) is 158 Å². The molecule has 64 heavy (non-hydrogen) atoms. The van der Waals surface area contributed by atoms with Crippen molar-refractivity contribution >= 4 is 10.9 Å². The van der Waals surface area contributed by atoms with E-state index in [9.17, 15) is 0 Å². The average molecular weight is 825 g/mol. The molecule has 1 aliphatic heterocycles. The molecule has 4 saturated carbocycles.